The van der Waals surface area contributed by atoms with Gasteiger partial charge in [-0.15, -0.1) is 0 Å². The lowest BCUT2D eigenvalue weighted by atomic mass is 10.0. The molecule has 0 saturated carbocycles. The van der Waals surface area contributed by atoms with Crippen LogP contribution in [0.1, 0.15) is 18.9 Å². The van der Waals surface area contributed by atoms with Gasteiger partial charge in [0.25, 0.3) is 0 Å². The zero-order valence-corrected chi connectivity index (χ0v) is 13.1. The van der Waals surface area contributed by atoms with Gasteiger partial charge in [0, 0.05) is 12.1 Å². The van der Waals surface area contributed by atoms with E-state index in [1.54, 1.807) is 0 Å². The number of benzene rings is 1. The molecule has 0 aromatic heterocycles. The molecule has 1 saturated heterocycles. The molecule has 2 N–H and O–H groups in total. The van der Waals surface area contributed by atoms with Crippen LogP contribution in [-0.4, -0.2) is 49.8 Å². The SMILES string of the molecule is CC1(NCC(O)COCc2ccccc2)CCS(=O)(=O)C1. The first kappa shape index (κ1) is 16.4. The third kappa shape index (κ3) is 5.39. The quantitative estimate of drug-likeness (QED) is 0.776. The summed E-state index contributed by atoms with van der Waals surface area (Å²) in [5, 5.41) is 13.0. The third-order valence-corrected chi connectivity index (χ3v) is 5.59. The highest BCUT2D eigenvalue weighted by Gasteiger charge is 2.38. The first-order valence-electron chi connectivity index (χ1n) is 7.14. The van der Waals surface area contributed by atoms with Crippen LogP contribution in [0, 0.1) is 0 Å². The molecule has 1 aromatic carbocycles. The number of hydrogen-bond acceptors (Lipinski definition) is 5. The molecule has 0 amide bonds. The standard InChI is InChI=1S/C15H23NO4S/c1-15(7-8-21(18,19)12-15)16-9-14(17)11-20-10-13-5-3-2-4-6-13/h2-6,14,16-17H,7-12H2,1H3. The van der Waals surface area contributed by atoms with Crippen molar-refractivity contribution in [2.24, 2.45) is 0 Å². The molecule has 118 valence electrons. The van der Waals surface area contributed by atoms with E-state index in [0.717, 1.165) is 5.56 Å². The minimum absolute atomic E-state index is 0.137. The van der Waals surface area contributed by atoms with Crippen LogP contribution in [0.3, 0.4) is 0 Å². The van der Waals surface area contributed by atoms with Crippen LogP contribution in [0.15, 0.2) is 30.3 Å². The van der Waals surface area contributed by atoms with Crippen LogP contribution in [0.25, 0.3) is 0 Å². The predicted octanol–water partition coefficient (Wildman–Crippen LogP) is 0.731. The maximum atomic E-state index is 11.5. The second-order valence-corrected chi connectivity index (χ2v) is 8.12. The molecule has 2 unspecified atom stereocenters. The molecule has 0 spiro atoms. The Kier molecular flexibility index (Phi) is 5.37. The summed E-state index contributed by atoms with van der Waals surface area (Å²) in [6.07, 6.45) is -0.0544. The molecule has 1 aliphatic rings. The van der Waals surface area contributed by atoms with Gasteiger partial charge in [0.2, 0.25) is 0 Å². The summed E-state index contributed by atoms with van der Waals surface area (Å²) < 4.78 is 28.4. The Morgan fingerprint density at radius 2 is 2.10 bits per heavy atom. The first-order valence-corrected chi connectivity index (χ1v) is 8.96. The Bertz CT molecular complexity index is 546. The van der Waals surface area contributed by atoms with Crippen molar-refractivity contribution in [1.82, 2.24) is 5.32 Å². The minimum Gasteiger partial charge on any atom is -0.389 e. The maximum absolute atomic E-state index is 11.5. The van der Waals surface area contributed by atoms with Gasteiger partial charge >= 0.3 is 0 Å². The molecule has 2 atom stereocenters. The van der Waals surface area contributed by atoms with E-state index in [1.807, 2.05) is 37.3 Å². The summed E-state index contributed by atoms with van der Waals surface area (Å²) in [7, 11) is -2.93. The number of nitrogens with one attached hydrogen (secondary N) is 1. The molecule has 0 radical (unpaired) electrons. The number of rotatable bonds is 7. The lowest BCUT2D eigenvalue weighted by Gasteiger charge is -2.25. The molecule has 6 heteroatoms. The highest BCUT2D eigenvalue weighted by molar-refractivity contribution is 7.91. The van der Waals surface area contributed by atoms with Crippen LogP contribution in [0.4, 0.5) is 0 Å². The van der Waals surface area contributed by atoms with E-state index >= 15 is 0 Å². The van der Waals surface area contributed by atoms with Crippen molar-refractivity contribution in [1.29, 1.82) is 0 Å². The lowest BCUT2D eigenvalue weighted by Crippen LogP contribution is -2.47. The molecule has 1 aliphatic heterocycles. The van der Waals surface area contributed by atoms with Crippen LogP contribution < -0.4 is 5.32 Å². The number of ether oxygens (including phenoxy) is 1. The number of β-amino-alcohol motifs (C(OH)–C–C–N with tert-alkyl or cyclic N) is 1. The largest absolute Gasteiger partial charge is 0.389 e. The highest BCUT2D eigenvalue weighted by atomic mass is 32.2. The fourth-order valence-electron chi connectivity index (χ4n) is 2.46. The van der Waals surface area contributed by atoms with Crippen molar-refractivity contribution < 1.29 is 18.3 Å². The Morgan fingerprint density at radius 1 is 1.38 bits per heavy atom. The van der Waals surface area contributed by atoms with Gasteiger partial charge < -0.3 is 15.2 Å². The van der Waals surface area contributed by atoms with E-state index in [0.29, 0.717) is 19.6 Å². The van der Waals surface area contributed by atoms with Crippen molar-refractivity contribution in [3.8, 4) is 0 Å². The molecule has 21 heavy (non-hydrogen) atoms. The zero-order valence-electron chi connectivity index (χ0n) is 12.3. The van der Waals surface area contributed by atoms with Gasteiger partial charge in [-0.05, 0) is 18.9 Å². The summed E-state index contributed by atoms with van der Waals surface area (Å²) in [6, 6.07) is 9.76. The zero-order chi connectivity index (χ0) is 15.3. The average Bonchev–Trinajstić information content (AvgIpc) is 2.72. The first-order chi connectivity index (χ1) is 9.89. The van der Waals surface area contributed by atoms with Crippen molar-refractivity contribution in [2.45, 2.75) is 31.6 Å². The number of sulfone groups is 1. The molecular formula is C15H23NO4S. The smallest absolute Gasteiger partial charge is 0.152 e. The van der Waals surface area contributed by atoms with Gasteiger partial charge in [-0.1, -0.05) is 30.3 Å². The number of aliphatic hydroxyl groups excluding tert-OH is 1. The fourth-order valence-corrected chi connectivity index (χ4v) is 4.58. The van der Waals surface area contributed by atoms with Crippen molar-refractivity contribution in [3.05, 3.63) is 35.9 Å². The number of aliphatic hydroxyl groups is 1. The summed E-state index contributed by atoms with van der Waals surface area (Å²) in [5.74, 6) is 0.356. The summed E-state index contributed by atoms with van der Waals surface area (Å²) in [6.45, 7) is 2.91. The maximum Gasteiger partial charge on any atom is 0.152 e. The van der Waals surface area contributed by atoms with Crippen LogP contribution in [-0.2, 0) is 21.2 Å². The van der Waals surface area contributed by atoms with Crippen LogP contribution >= 0.6 is 0 Å². The average molecular weight is 313 g/mol. The summed E-state index contributed by atoms with van der Waals surface area (Å²) in [4.78, 5) is 0. The van der Waals surface area contributed by atoms with E-state index in [-0.39, 0.29) is 18.1 Å². The molecule has 1 heterocycles. The fraction of sp³-hybridized carbons (Fsp3) is 0.600. The second-order valence-electron chi connectivity index (χ2n) is 5.94. The monoisotopic (exact) mass is 313 g/mol. The van der Waals surface area contributed by atoms with Crippen LogP contribution in [0.5, 0.6) is 0 Å². The van der Waals surface area contributed by atoms with Gasteiger partial charge in [-0.2, -0.15) is 0 Å². The van der Waals surface area contributed by atoms with E-state index in [1.165, 1.54) is 0 Å². The minimum atomic E-state index is -2.93. The normalized spacial score (nSPS) is 25.8. The van der Waals surface area contributed by atoms with Gasteiger partial charge in [-0.25, -0.2) is 8.42 Å². The molecular weight excluding hydrogens is 290 g/mol. The molecule has 1 aromatic rings. The van der Waals surface area contributed by atoms with Crippen molar-refractivity contribution in [3.63, 3.8) is 0 Å². The molecule has 5 nitrogen and oxygen atoms in total. The van der Waals surface area contributed by atoms with Gasteiger partial charge in [0.1, 0.15) is 0 Å². The van der Waals surface area contributed by atoms with E-state index in [4.69, 9.17) is 4.74 Å². The van der Waals surface area contributed by atoms with Gasteiger partial charge in [0.15, 0.2) is 9.84 Å². The Labute approximate surface area is 126 Å². The third-order valence-electron chi connectivity index (χ3n) is 3.69. The Balaban J connectivity index is 1.67. The topological polar surface area (TPSA) is 75.6 Å². The van der Waals surface area contributed by atoms with Crippen molar-refractivity contribution in [2.75, 3.05) is 24.7 Å². The summed E-state index contributed by atoms with van der Waals surface area (Å²) in [5.41, 5.74) is 0.630. The van der Waals surface area contributed by atoms with E-state index in [9.17, 15) is 13.5 Å². The Hall–Kier alpha value is -0.950. The lowest BCUT2D eigenvalue weighted by molar-refractivity contribution is 0.0259. The summed E-state index contributed by atoms with van der Waals surface area (Å²) >= 11 is 0. The van der Waals surface area contributed by atoms with Gasteiger partial charge in [-0.3, -0.25) is 0 Å². The predicted molar refractivity (Wildman–Crippen MR) is 81.8 cm³/mol. The molecule has 2 rings (SSSR count). The van der Waals surface area contributed by atoms with Crippen molar-refractivity contribution >= 4 is 9.84 Å². The van der Waals surface area contributed by atoms with Crippen LogP contribution in [0.2, 0.25) is 0 Å². The second kappa shape index (κ2) is 6.87. The molecule has 0 bridgehead atoms. The van der Waals surface area contributed by atoms with Gasteiger partial charge in [0.05, 0.1) is 30.8 Å². The van der Waals surface area contributed by atoms with E-state index < -0.39 is 21.5 Å². The van der Waals surface area contributed by atoms with E-state index in [2.05, 4.69) is 5.32 Å². The Morgan fingerprint density at radius 3 is 2.71 bits per heavy atom. The number of hydrogen-bond donors (Lipinski definition) is 2. The molecule has 1 fully saturated rings. The molecule has 0 aliphatic carbocycles. The highest BCUT2D eigenvalue weighted by Crippen LogP contribution is 2.22.